The molecule has 0 saturated carbocycles. The van der Waals surface area contributed by atoms with Gasteiger partial charge in [-0.2, -0.15) is 0 Å². The Labute approximate surface area is 158 Å². The minimum absolute atomic E-state index is 0.410. The van der Waals surface area contributed by atoms with Crippen molar-refractivity contribution in [3.63, 3.8) is 0 Å². The Bertz CT molecular complexity index is 707. The molecule has 0 amide bonds. The monoisotopic (exact) mass is 378 g/mol. The highest BCUT2D eigenvalue weighted by atomic mass is 35.5. The largest absolute Gasteiger partial charge is 0.361 e. The summed E-state index contributed by atoms with van der Waals surface area (Å²) in [6.45, 7) is 2.67. The van der Waals surface area contributed by atoms with Crippen LogP contribution in [0.15, 0.2) is 48.5 Å². The normalized spacial score (nSPS) is 9.92. The van der Waals surface area contributed by atoms with Gasteiger partial charge in [0.2, 0.25) is 0 Å². The van der Waals surface area contributed by atoms with Crippen molar-refractivity contribution < 1.29 is 0 Å². The van der Waals surface area contributed by atoms with E-state index in [1.807, 2.05) is 43.3 Å². The lowest BCUT2D eigenvalue weighted by molar-refractivity contribution is 0.796. The van der Waals surface area contributed by atoms with Gasteiger partial charge in [-0.1, -0.05) is 48.0 Å². The molecule has 0 heterocycles. The van der Waals surface area contributed by atoms with Gasteiger partial charge in [-0.3, -0.25) is 10.9 Å². The smallest absolute Gasteiger partial charge is 0.189 e. The van der Waals surface area contributed by atoms with E-state index < -0.39 is 0 Å². The zero-order valence-corrected chi connectivity index (χ0v) is 15.6. The third-order valence-electron chi connectivity index (χ3n) is 3.35. The molecule has 2 rings (SSSR count). The van der Waals surface area contributed by atoms with Crippen LogP contribution in [0.5, 0.6) is 0 Å². The molecule has 0 aliphatic heterocycles. The molecule has 0 aromatic heterocycles. The Balaban J connectivity index is 1.69. The Kier molecular flexibility index (Phi) is 7.24. The second kappa shape index (κ2) is 9.42. The Hall–Kier alpha value is -1.89. The summed E-state index contributed by atoms with van der Waals surface area (Å²) in [6, 6.07) is 15.8. The molecule has 126 valence electrons. The first-order valence-corrected chi connectivity index (χ1v) is 8.65. The maximum atomic E-state index is 6.08. The van der Waals surface area contributed by atoms with Gasteiger partial charge in [-0.15, -0.1) is 0 Å². The van der Waals surface area contributed by atoms with E-state index in [9.17, 15) is 0 Å². The van der Waals surface area contributed by atoms with Crippen LogP contribution in [0.3, 0.4) is 0 Å². The van der Waals surface area contributed by atoms with Crippen LogP contribution >= 0.6 is 36.0 Å². The van der Waals surface area contributed by atoms with E-state index in [0.29, 0.717) is 15.2 Å². The van der Waals surface area contributed by atoms with Gasteiger partial charge >= 0.3 is 0 Å². The zero-order chi connectivity index (χ0) is 17.4. The fraction of sp³-hybridized carbons (Fsp3) is 0.176. The molecule has 0 aliphatic rings. The van der Waals surface area contributed by atoms with E-state index in [1.54, 1.807) is 0 Å². The third kappa shape index (κ3) is 5.96. The highest BCUT2D eigenvalue weighted by molar-refractivity contribution is 7.80. The SMILES string of the molecule is Cc1c(Cl)cccc1NC(=S)NNC(=S)NCCc1ccccc1. The highest BCUT2D eigenvalue weighted by Gasteiger charge is 2.04. The number of benzene rings is 2. The van der Waals surface area contributed by atoms with Crippen LogP contribution in [-0.2, 0) is 6.42 Å². The van der Waals surface area contributed by atoms with E-state index in [1.165, 1.54) is 5.56 Å². The Morgan fingerprint density at radius 3 is 2.42 bits per heavy atom. The molecule has 0 fully saturated rings. The lowest BCUT2D eigenvalue weighted by Gasteiger charge is -2.15. The number of rotatable bonds is 4. The molecule has 4 nitrogen and oxygen atoms in total. The summed E-state index contributed by atoms with van der Waals surface area (Å²) in [5, 5.41) is 7.78. The maximum Gasteiger partial charge on any atom is 0.189 e. The minimum atomic E-state index is 0.410. The number of halogens is 1. The summed E-state index contributed by atoms with van der Waals surface area (Å²) in [7, 11) is 0. The number of hydrogen-bond donors (Lipinski definition) is 4. The molecule has 0 unspecified atom stereocenters. The van der Waals surface area contributed by atoms with Crippen molar-refractivity contribution in [3.8, 4) is 0 Å². The Morgan fingerprint density at radius 1 is 0.958 bits per heavy atom. The van der Waals surface area contributed by atoms with Crippen LogP contribution in [0.1, 0.15) is 11.1 Å². The molecule has 0 bridgehead atoms. The van der Waals surface area contributed by atoms with Gasteiger partial charge in [-0.25, -0.2) is 0 Å². The molecule has 4 N–H and O–H groups in total. The second-order valence-corrected chi connectivity index (χ2v) is 6.33. The summed E-state index contributed by atoms with van der Waals surface area (Å²) in [4.78, 5) is 0. The van der Waals surface area contributed by atoms with Crippen LogP contribution in [0.4, 0.5) is 5.69 Å². The fourth-order valence-electron chi connectivity index (χ4n) is 2.02. The average Bonchev–Trinajstić information content (AvgIpc) is 2.58. The maximum absolute atomic E-state index is 6.08. The topological polar surface area (TPSA) is 48.1 Å². The molecule has 0 atom stereocenters. The molecule has 0 radical (unpaired) electrons. The summed E-state index contributed by atoms with van der Waals surface area (Å²) in [6.07, 6.45) is 0.896. The van der Waals surface area contributed by atoms with Crippen LogP contribution in [0.2, 0.25) is 5.02 Å². The van der Waals surface area contributed by atoms with Crippen LogP contribution in [0, 0.1) is 6.92 Å². The predicted octanol–water partition coefficient (Wildman–Crippen LogP) is 3.56. The van der Waals surface area contributed by atoms with Crippen molar-refractivity contribution in [2.24, 2.45) is 0 Å². The Morgan fingerprint density at radius 2 is 1.67 bits per heavy atom. The summed E-state index contributed by atoms with van der Waals surface area (Å²) in [5.74, 6) is 0. The van der Waals surface area contributed by atoms with Gasteiger partial charge in [0.25, 0.3) is 0 Å². The molecule has 0 saturated heterocycles. The van der Waals surface area contributed by atoms with Crippen molar-refractivity contribution in [2.75, 3.05) is 11.9 Å². The number of hydrazine groups is 1. The third-order valence-corrected chi connectivity index (χ3v) is 4.21. The van der Waals surface area contributed by atoms with Gasteiger partial charge in [0.15, 0.2) is 10.2 Å². The molecule has 7 heteroatoms. The standard InChI is InChI=1S/C17H19ClN4S2/c1-12-14(18)8-5-9-15(12)20-17(24)22-21-16(23)19-11-10-13-6-3-2-4-7-13/h2-9H,10-11H2,1H3,(H2,19,21,23)(H2,20,22,24). The number of thiocarbonyl (C=S) groups is 2. The van der Waals surface area contributed by atoms with E-state index in [4.69, 9.17) is 36.0 Å². The van der Waals surface area contributed by atoms with Gasteiger partial charge in [0.1, 0.15) is 0 Å². The second-order valence-electron chi connectivity index (χ2n) is 5.11. The zero-order valence-electron chi connectivity index (χ0n) is 13.2. The molecule has 2 aromatic rings. The van der Waals surface area contributed by atoms with Gasteiger partial charge in [-0.05, 0) is 61.0 Å². The fourth-order valence-corrected chi connectivity index (χ4v) is 2.51. The minimum Gasteiger partial charge on any atom is -0.361 e. The van der Waals surface area contributed by atoms with Crippen molar-refractivity contribution in [3.05, 3.63) is 64.7 Å². The van der Waals surface area contributed by atoms with Crippen molar-refractivity contribution in [1.82, 2.24) is 16.2 Å². The number of anilines is 1. The predicted molar refractivity (Wildman–Crippen MR) is 109 cm³/mol. The summed E-state index contributed by atoms with van der Waals surface area (Å²) >= 11 is 16.5. The van der Waals surface area contributed by atoms with Gasteiger partial charge < -0.3 is 10.6 Å². The van der Waals surface area contributed by atoms with Crippen LogP contribution in [-0.4, -0.2) is 16.8 Å². The van der Waals surface area contributed by atoms with E-state index in [0.717, 1.165) is 24.2 Å². The molecular formula is C17H19ClN4S2. The lowest BCUT2D eigenvalue weighted by atomic mass is 10.1. The highest BCUT2D eigenvalue weighted by Crippen LogP contribution is 2.22. The first kappa shape index (κ1) is 18.4. The van der Waals surface area contributed by atoms with Gasteiger partial charge in [0, 0.05) is 17.3 Å². The molecule has 0 aliphatic carbocycles. The first-order chi connectivity index (χ1) is 11.6. The van der Waals surface area contributed by atoms with Crippen molar-refractivity contribution >= 4 is 51.9 Å². The molecule has 24 heavy (non-hydrogen) atoms. The van der Waals surface area contributed by atoms with E-state index in [2.05, 4.69) is 33.6 Å². The number of hydrogen-bond acceptors (Lipinski definition) is 2. The molecule has 2 aromatic carbocycles. The van der Waals surface area contributed by atoms with E-state index >= 15 is 0 Å². The molecule has 0 spiro atoms. The molecular weight excluding hydrogens is 360 g/mol. The van der Waals surface area contributed by atoms with Crippen LogP contribution in [0.25, 0.3) is 0 Å². The average molecular weight is 379 g/mol. The van der Waals surface area contributed by atoms with Gasteiger partial charge in [0.05, 0.1) is 0 Å². The van der Waals surface area contributed by atoms with Crippen LogP contribution < -0.4 is 21.5 Å². The summed E-state index contributed by atoms with van der Waals surface area (Å²) < 4.78 is 0. The van der Waals surface area contributed by atoms with E-state index in [-0.39, 0.29) is 0 Å². The first-order valence-electron chi connectivity index (χ1n) is 7.46. The lowest BCUT2D eigenvalue weighted by Crippen LogP contribution is -2.48. The van der Waals surface area contributed by atoms with Crippen molar-refractivity contribution in [2.45, 2.75) is 13.3 Å². The quantitative estimate of drug-likeness (QED) is 0.482. The number of nitrogens with one attached hydrogen (secondary N) is 4. The van der Waals surface area contributed by atoms with Crippen molar-refractivity contribution in [1.29, 1.82) is 0 Å². The summed E-state index contributed by atoms with van der Waals surface area (Å²) in [5.41, 5.74) is 8.75.